The highest BCUT2D eigenvalue weighted by Gasteiger charge is 2.60. The van der Waals surface area contributed by atoms with E-state index >= 15 is 0 Å². The van der Waals surface area contributed by atoms with Gasteiger partial charge in [-0.25, -0.2) is 5.43 Å². The highest BCUT2D eigenvalue weighted by atomic mass is 16.2. The van der Waals surface area contributed by atoms with Gasteiger partial charge < -0.3 is 4.90 Å². The minimum Gasteiger partial charge on any atom is -0.378 e. The Bertz CT molecular complexity index is 1070. The number of carbonyl (C=O) groups is 1. The van der Waals surface area contributed by atoms with Crippen LogP contribution in [0.2, 0.25) is 0 Å². The number of benzene rings is 3. The van der Waals surface area contributed by atoms with E-state index < -0.39 is 0 Å². The standard InChI is InChI=1S/C27H29N3O/c1-19-7-5-9-22(15-19)27(23-10-6-8-20(2)16-23)17-25(27)26(31)29-28-18-21-11-13-24(14-12-21)30(3)4/h5-16,18,25H,17H2,1-4H3,(H,29,31)/b28-18+. The molecular formula is C27H29N3O. The molecule has 1 unspecified atom stereocenters. The van der Waals surface area contributed by atoms with E-state index in [1.165, 1.54) is 22.3 Å². The Hall–Kier alpha value is -3.40. The third-order valence-corrected chi connectivity index (χ3v) is 6.14. The van der Waals surface area contributed by atoms with Crippen molar-refractivity contribution in [1.82, 2.24) is 5.43 Å². The van der Waals surface area contributed by atoms with Crippen LogP contribution >= 0.6 is 0 Å². The molecule has 4 rings (SSSR count). The zero-order valence-corrected chi connectivity index (χ0v) is 18.6. The summed E-state index contributed by atoms with van der Waals surface area (Å²) in [6, 6.07) is 25.1. The van der Waals surface area contributed by atoms with Gasteiger partial charge in [-0.05, 0) is 49.1 Å². The van der Waals surface area contributed by atoms with E-state index in [-0.39, 0.29) is 17.2 Å². The summed E-state index contributed by atoms with van der Waals surface area (Å²) < 4.78 is 0. The normalized spacial score (nSPS) is 16.8. The van der Waals surface area contributed by atoms with Gasteiger partial charge in [-0.2, -0.15) is 5.10 Å². The van der Waals surface area contributed by atoms with Crippen molar-refractivity contribution in [2.75, 3.05) is 19.0 Å². The molecule has 0 radical (unpaired) electrons. The molecule has 0 spiro atoms. The number of hydrazone groups is 1. The predicted octanol–water partition coefficient (Wildman–Crippen LogP) is 4.83. The molecule has 4 nitrogen and oxygen atoms in total. The maximum absolute atomic E-state index is 13.0. The van der Waals surface area contributed by atoms with E-state index in [4.69, 9.17) is 0 Å². The molecule has 31 heavy (non-hydrogen) atoms. The first-order valence-electron chi connectivity index (χ1n) is 10.6. The Morgan fingerprint density at radius 1 is 0.968 bits per heavy atom. The zero-order chi connectivity index (χ0) is 22.0. The molecule has 0 aromatic heterocycles. The first-order valence-corrected chi connectivity index (χ1v) is 10.6. The maximum Gasteiger partial charge on any atom is 0.244 e. The van der Waals surface area contributed by atoms with Crippen LogP contribution in [0.1, 0.15) is 34.2 Å². The van der Waals surface area contributed by atoms with Crippen molar-refractivity contribution in [3.8, 4) is 0 Å². The summed E-state index contributed by atoms with van der Waals surface area (Å²) >= 11 is 0. The van der Waals surface area contributed by atoms with Crippen molar-refractivity contribution in [1.29, 1.82) is 0 Å². The summed E-state index contributed by atoms with van der Waals surface area (Å²) in [5.74, 6) is -0.173. The number of amides is 1. The molecular weight excluding hydrogens is 382 g/mol. The lowest BCUT2D eigenvalue weighted by molar-refractivity contribution is -0.122. The maximum atomic E-state index is 13.0. The molecule has 4 heteroatoms. The lowest BCUT2D eigenvalue weighted by atomic mass is 9.84. The Kier molecular flexibility index (Phi) is 5.64. The van der Waals surface area contributed by atoms with Gasteiger partial charge in [-0.1, -0.05) is 71.8 Å². The van der Waals surface area contributed by atoms with Crippen LogP contribution in [0.25, 0.3) is 0 Å². The average molecular weight is 412 g/mol. The second-order valence-electron chi connectivity index (χ2n) is 8.69. The lowest BCUT2D eigenvalue weighted by Crippen LogP contribution is -2.25. The number of hydrogen-bond acceptors (Lipinski definition) is 3. The Morgan fingerprint density at radius 2 is 1.55 bits per heavy atom. The number of aryl methyl sites for hydroxylation is 2. The van der Waals surface area contributed by atoms with Crippen molar-refractivity contribution < 1.29 is 4.79 Å². The van der Waals surface area contributed by atoms with E-state index in [1.54, 1.807) is 6.21 Å². The molecule has 1 fully saturated rings. The summed E-state index contributed by atoms with van der Waals surface area (Å²) in [7, 11) is 4.02. The average Bonchev–Trinajstić information content (AvgIpc) is 3.51. The van der Waals surface area contributed by atoms with Crippen LogP contribution in [-0.4, -0.2) is 26.2 Å². The zero-order valence-electron chi connectivity index (χ0n) is 18.6. The van der Waals surface area contributed by atoms with Crippen molar-refractivity contribution >= 4 is 17.8 Å². The smallest absolute Gasteiger partial charge is 0.244 e. The molecule has 1 aliphatic carbocycles. The highest BCUT2D eigenvalue weighted by molar-refractivity contribution is 5.88. The van der Waals surface area contributed by atoms with E-state index in [0.717, 1.165) is 17.7 Å². The van der Waals surface area contributed by atoms with Crippen molar-refractivity contribution in [3.05, 3.63) is 101 Å². The number of hydrogen-bond donors (Lipinski definition) is 1. The number of rotatable bonds is 6. The summed E-state index contributed by atoms with van der Waals surface area (Å²) in [4.78, 5) is 15.1. The molecule has 0 saturated heterocycles. The van der Waals surface area contributed by atoms with Gasteiger partial charge in [-0.3, -0.25) is 4.79 Å². The van der Waals surface area contributed by atoms with Crippen LogP contribution in [-0.2, 0) is 10.2 Å². The van der Waals surface area contributed by atoms with Crippen LogP contribution in [0.4, 0.5) is 5.69 Å². The van der Waals surface area contributed by atoms with Crippen molar-refractivity contribution in [2.45, 2.75) is 25.7 Å². The Labute approximate surface area is 184 Å². The third kappa shape index (κ3) is 4.24. The summed E-state index contributed by atoms with van der Waals surface area (Å²) in [6.07, 6.45) is 2.49. The van der Waals surface area contributed by atoms with Crippen LogP contribution in [0.3, 0.4) is 0 Å². The topological polar surface area (TPSA) is 44.7 Å². The number of nitrogens with one attached hydrogen (secondary N) is 1. The fourth-order valence-electron chi connectivity index (χ4n) is 4.34. The minimum absolute atomic E-state index is 0.0378. The van der Waals surface area contributed by atoms with Crippen LogP contribution in [0.5, 0.6) is 0 Å². The summed E-state index contributed by atoms with van der Waals surface area (Å²) in [5, 5.41) is 4.23. The van der Waals surface area contributed by atoms with E-state index in [0.29, 0.717) is 0 Å². The minimum atomic E-state index is -0.287. The second kappa shape index (κ2) is 8.38. The first kappa shape index (κ1) is 20.9. The summed E-state index contributed by atoms with van der Waals surface area (Å²) in [6.45, 7) is 4.19. The molecule has 1 amide bonds. The fourth-order valence-corrected chi connectivity index (χ4v) is 4.34. The van der Waals surface area contributed by atoms with Crippen LogP contribution in [0.15, 0.2) is 77.9 Å². The predicted molar refractivity (Wildman–Crippen MR) is 128 cm³/mol. The Balaban J connectivity index is 1.53. The van der Waals surface area contributed by atoms with E-state index in [9.17, 15) is 4.79 Å². The van der Waals surface area contributed by atoms with Gasteiger partial charge in [0.2, 0.25) is 5.91 Å². The number of carbonyl (C=O) groups excluding carboxylic acids is 1. The van der Waals surface area contributed by atoms with Crippen LogP contribution in [0, 0.1) is 19.8 Å². The quantitative estimate of drug-likeness (QED) is 0.467. The van der Waals surface area contributed by atoms with Gasteiger partial charge in [0.25, 0.3) is 0 Å². The Morgan fingerprint density at radius 3 is 2.06 bits per heavy atom. The highest BCUT2D eigenvalue weighted by Crippen LogP contribution is 2.59. The largest absolute Gasteiger partial charge is 0.378 e. The third-order valence-electron chi connectivity index (χ3n) is 6.14. The molecule has 1 saturated carbocycles. The molecule has 158 valence electrons. The van der Waals surface area contributed by atoms with Gasteiger partial charge in [0, 0.05) is 25.2 Å². The lowest BCUT2D eigenvalue weighted by Gasteiger charge is -2.19. The SMILES string of the molecule is Cc1cccc(C2(c3cccc(C)c3)CC2C(=O)N/N=C/c2ccc(N(C)C)cc2)c1. The van der Waals surface area contributed by atoms with Gasteiger partial charge in [0.05, 0.1) is 12.1 Å². The molecule has 0 aliphatic heterocycles. The van der Waals surface area contributed by atoms with E-state index in [1.807, 2.05) is 43.3 Å². The number of anilines is 1. The molecule has 3 aromatic carbocycles. The van der Waals surface area contributed by atoms with Crippen molar-refractivity contribution in [2.24, 2.45) is 11.0 Å². The number of nitrogens with zero attached hydrogens (tertiary/aromatic N) is 2. The second-order valence-corrected chi connectivity index (χ2v) is 8.69. The van der Waals surface area contributed by atoms with Gasteiger partial charge in [0.1, 0.15) is 0 Å². The van der Waals surface area contributed by atoms with Gasteiger partial charge in [0.15, 0.2) is 0 Å². The van der Waals surface area contributed by atoms with Gasteiger partial charge >= 0.3 is 0 Å². The molecule has 1 aliphatic rings. The molecule has 1 N–H and O–H groups in total. The molecule has 1 atom stereocenters. The summed E-state index contributed by atoms with van der Waals surface area (Å²) in [5.41, 5.74) is 9.36. The van der Waals surface area contributed by atoms with E-state index in [2.05, 4.69) is 72.9 Å². The molecule has 0 heterocycles. The van der Waals surface area contributed by atoms with Crippen molar-refractivity contribution in [3.63, 3.8) is 0 Å². The monoisotopic (exact) mass is 411 g/mol. The first-order chi connectivity index (χ1) is 14.9. The fraction of sp³-hybridized carbons (Fsp3) is 0.259. The molecule has 0 bridgehead atoms. The van der Waals surface area contributed by atoms with Gasteiger partial charge in [-0.15, -0.1) is 0 Å². The molecule has 3 aromatic rings. The van der Waals surface area contributed by atoms with Crippen LogP contribution < -0.4 is 10.3 Å².